The van der Waals surface area contributed by atoms with Crippen molar-refractivity contribution in [3.8, 4) is 0 Å². The van der Waals surface area contributed by atoms with Gasteiger partial charge in [-0.15, -0.1) is 0 Å². The molecule has 0 aliphatic carbocycles. The van der Waals surface area contributed by atoms with Gasteiger partial charge in [-0.1, -0.05) is 41.9 Å². The smallest absolute Gasteiger partial charge is 0.242 e. The van der Waals surface area contributed by atoms with Crippen LogP contribution in [0.3, 0.4) is 0 Å². The Morgan fingerprint density at radius 1 is 1.22 bits per heavy atom. The molecule has 0 saturated heterocycles. The van der Waals surface area contributed by atoms with Crippen LogP contribution in [0.15, 0.2) is 47.6 Å². The van der Waals surface area contributed by atoms with Gasteiger partial charge < -0.3 is 0 Å². The lowest BCUT2D eigenvalue weighted by Gasteiger charge is -2.12. The first-order valence-electron chi connectivity index (χ1n) is 7.11. The molecule has 0 saturated carbocycles. The van der Waals surface area contributed by atoms with Crippen molar-refractivity contribution in [2.45, 2.75) is 20.3 Å². The predicted molar refractivity (Wildman–Crippen MR) is 93.4 cm³/mol. The van der Waals surface area contributed by atoms with E-state index in [1.807, 2.05) is 50.2 Å². The maximum absolute atomic E-state index is 11.2. The number of rotatable bonds is 4. The molecule has 116 valence electrons. The fraction of sp³-hybridized carbons (Fsp3) is 0.167. The monoisotopic (exact) mass is 325 g/mol. The number of azide groups is 1. The van der Waals surface area contributed by atoms with E-state index in [-0.39, 0.29) is 0 Å². The molecule has 23 heavy (non-hydrogen) atoms. The van der Waals surface area contributed by atoms with Crippen molar-refractivity contribution in [3.63, 3.8) is 0 Å². The van der Waals surface area contributed by atoms with Gasteiger partial charge in [0.2, 0.25) is 5.91 Å². The molecule has 0 aliphatic rings. The first kappa shape index (κ1) is 16.8. The lowest BCUT2D eigenvalue weighted by atomic mass is 9.94. The minimum Gasteiger partial charge on any atom is -0.288 e. The highest BCUT2D eigenvalue weighted by molar-refractivity contribution is 6.30. The van der Waals surface area contributed by atoms with Crippen LogP contribution in [0.4, 0.5) is 0 Å². The van der Waals surface area contributed by atoms with Gasteiger partial charge in [0.1, 0.15) is 0 Å². The highest BCUT2D eigenvalue weighted by Crippen LogP contribution is 2.22. The Hall–Kier alpha value is -2.55. The zero-order valence-electron chi connectivity index (χ0n) is 13.0. The van der Waals surface area contributed by atoms with Crippen LogP contribution in [0.25, 0.3) is 16.5 Å². The number of carbonyl (C=O) groups is 1. The van der Waals surface area contributed by atoms with Crippen molar-refractivity contribution in [2.75, 3.05) is 0 Å². The number of hydrogen-bond acceptors (Lipinski definition) is 1. The maximum atomic E-state index is 11.2. The molecule has 0 heterocycles. The van der Waals surface area contributed by atoms with Crippen molar-refractivity contribution < 1.29 is 4.79 Å². The van der Waals surface area contributed by atoms with Crippen molar-refractivity contribution in [1.82, 2.24) is 0 Å². The first-order valence-corrected chi connectivity index (χ1v) is 7.49. The molecule has 0 radical (unpaired) electrons. The van der Waals surface area contributed by atoms with Gasteiger partial charge in [0.25, 0.3) is 0 Å². The van der Waals surface area contributed by atoms with Crippen LogP contribution < -0.4 is 0 Å². The van der Waals surface area contributed by atoms with E-state index >= 15 is 0 Å². The summed E-state index contributed by atoms with van der Waals surface area (Å²) < 4.78 is 0. The molecule has 2 rings (SSSR count). The molecular weight excluding hydrogens is 310 g/mol. The topological polar surface area (TPSA) is 65.8 Å². The van der Waals surface area contributed by atoms with Crippen LogP contribution in [0, 0.1) is 13.8 Å². The number of halogens is 1. The molecule has 0 bridgehead atoms. The summed E-state index contributed by atoms with van der Waals surface area (Å²) in [4.78, 5) is 13.7. The predicted octanol–water partition coefficient (Wildman–Crippen LogP) is 5.40. The number of benzene rings is 2. The first-order chi connectivity index (χ1) is 11.0. The number of amides is 1. The number of carbonyl (C=O) groups excluding carboxylic acids is 1. The summed E-state index contributed by atoms with van der Waals surface area (Å²) in [5, 5.41) is 3.74. The molecule has 0 fully saturated rings. The van der Waals surface area contributed by atoms with Gasteiger partial charge >= 0.3 is 0 Å². The SMILES string of the molecule is Cc1cc(/C=C/C(=O)N=[N+]=[N-])cc(C)c1Cc1ccc(Cl)cc1. The second-order valence-corrected chi connectivity index (χ2v) is 5.73. The Balaban J connectivity index is 2.25. The highest BCUT2D eigenvalue weighted by Gasteiger charge is 2.06. The van der Waals surface area contributed by atoms with Crippen LogP contribution in [0.2, 0.25) is 5.02 Å². The van der Waals surface area contributed by atoms with Crippen LogP contribution in [0.5, 0.6) is 0 Å². The second-order valence-electron chi connectivity index (χ2n) is 5.30. The van der Waals surface area contributed by atoms with E-state index in [2.05, 4.69) is 10.0 Å². The third-order valence-corrected chi connectivity index (χ3v) is 3.83. The Morgan fingerprint density at radius 3 is 2.39 bits per heavy atom. The Kier molecular flexibility index (Phi) is 5.58. The normalized spacial score (nSPS) is 10.6. The fourth-order valence-electron chi connectivity index (χ4n) is 2.45. The van der Waals surface area contributed by atoms with E-state index in [1.54, 1.807) is 6.08 Å². The number of nitrogens with zero attached hydrogens (tertiary/aromatic N) is 3. The van der Waals surface area contributed by atoms with Gasteiger partial charge in [-0.2, -0.15) is 0 Å². The van der Waals surface area contributed by atoms with Crippen molar-refractivity contribution in [2.24, 2.45) is 5.11 Å². The summed E-state index contributed by atoms with van der Waals surface area (Å²) in [7, 11) is 0. The quantitative estimate of drug-likeness (QED) is 0.321. The molecule has 0 N–H and O–H groups in total. The zero-order valence-corrected chi connectivity index (χ0v) is 13.7. The van der Waals surface area contributed by atoms with Gasteiger partial charge in [-0.3, -0.25) is 4.79 Å². The molecule has 0 aliphatic heterocycles. The minimum atomic E-state index is -0.604. The number of aryl methyl sites for hydroxylation is 2. The highest BCUT2D eigenvalue weighted by atomic mass is 35.5. The van der Waals surface area contributed by atoms with Gasteiger partial charge in [-0.25, -0.2) is 0 Å². The molecule has 4 nitrogen and oxygen atoms in total. The van der Waals surface area contributed by atoms with E-state index in [0.717, 1.165) is 28.1 Å². The molecule has 0 aromatic heterocycles. The zero-order chi connectivity index (χ0) is 16.8. The van der Waals surface area contributed by atoms with Gasteiger partial charge in [0, 0.05) is 9.93 Å². The van der Waals surface area contributed by atoms with Crippen molar-refractivity contribution in [3.05, 3.63) is 85.8 Å². The molecule has 2 aromatic rings. The van der Waals surface area contributed by atoms with Crippen LogP contribution in [-0.2, 0) is 11.2 Å². The summed E-state index contributed by atoms with van der Waals surface area (Å²) in [5.74, 6) is -0.604. The van der Waals surface area contributed by atoms with E-state index in [1.165, 1.54) is 17.2 Å². The second kappa shape index (κ2) is 7.63. The Bertz CT molecular complexity index is 781. The summed E-state index contributed by atoms with van der Waals surface area (Å²) in [6.45, 7) is 4.09. The van der Waals surface area contributed by atoms with Crippen LogP contribution in [-0.4, -0.2) is 5.91 Å². The van der Waals surface area contributed by atoms with Crippen molar-refractivity contribution in [1.29, 1.82) is 0 Å². The van der Waals surface area contributed by atoms with E-state index in [4.69, 9.17) is 17.1 Å². The van der Waals surface area contributed by atoms with Crippen molar-refractivity contribution >= 4 is 23.6 Å². The molecular formula is C18H16ClN3O. The third-order valence-electron chi connectivity index (χ3n) is 3.57. The molecule has 1 amide bonds. The molecule has 5 heteroatoms. The number of hydrogen-bond donors (Lipinski definition) is 0. The Morgan fingerprint density at radius 2 is 1.83 bits per heavy atom. The van der Waals surface area contributed by atoms with Gasteiger partial charge in [0.05, 0.1) is 0 Å². The Labute approximate surface area is 140 Å². The third kappa shape index (κ3) is 4.71. The van der Waals surface area contributed by atoms with Crippen LogP contribution in [0.1, 0.15) is 27.8 Å². The fourth-order valence-corrected chi connectivity index (χ4v) is 2.58. The van der Waals surface area contributed by atoms with E-state index in [0.29, 0.717) is 0 Å². The van der Waals surface area contributed by atoms with Crippen LogP contribution >= 0.6 is 11.6 Å². The summed E-state index contributed by atoms with van der Waals surface area (Å²) in [6, 6.07) is 11.8. The van der Waals surface area contributed by atoms with E-state index < -0.39 is 5.91 Å². The minimum absolute atomic E-state index is 0.604. The molecule has 0 spiro atoms. The largest absolute Gasteiger partial charge is 0.288 e. The standard InChI is InChI=1S/C18H16ClN3O/c1-12-9-15(5-8-18(23)21-22-20)10-13(2)17(12)11-14-3-6-16(19)7-4-14/h3-10H,11H2,1-2H3/b8-5+. The molecule has 0 unspecified atom stereocenters. The summed E-state index contributed by atoms with van der Waals surface area (Å²) in [6.07, 6.45) is 3.76. The maximum Gasteiger partial charge on any atom is 0.242 e. The average Bonchev–Trinajstić information content (AvgIpc) is 2.51. The van der Waals surface area contributed by atoms with Gasteiger partial charge in [0.15, 0.2) is 0 Å². The summed E-state index contributed by atoms with van der Waals surface area (Å²) in [5.41, 5.74) is 13.9. The summed E-state index contributed by atoms with van der Waals surface area (Å²) >= 11 is 5.92. The van der Waals surface area contributed by atoms with Gasteiger partial charge in [-0.05, 0) is 76.9 Å². The van der Waals surface area contributed by atoms with E-state index in [9.17, 15) is 4.79 Å². The lowest BCUT2D eigenvalue weighted by Crippen LogP contribution is -1.97. The lowest BCUT2D eigenvalue weighted by molar-refractivity contribution is -0.113. The molecule has 2 aromatic carbocycles. The average molecular weight is 326 g/mol. The molecule has 0 atom stereocenters.